The number of carboxylic acid groups (broad SMARTS) is 1. The molecule has 0 bridgehead atoms. The molecule has 0 aromatic rings. The minimum atomic E-state index is -0.918. The van der Waals surface area contributed by atoms with E-state index in [1.54, 1.807) is 6.92 Å². The van der Waals surface area contributed by atoms with Gasteiger partial charge in [-0.1, -0.05) is 48.0 Å². The van der Waals surface area contributed by atoms with Crippen molar-refractivity contribution in [3.8, 4) is 0 Å². The molecule has 0 fully saturated rings. The molecular formula is C24H45NO4. The molecule has 5 heteroatoms. The van der Waals surface area contributed by atoms with Gasteiger partial charge in [-0.3, -0.25) is 9.59 Å². The van der Waals surface area contributed by atoms with Crippen LogP contribution in [0.1, 0.15) is 99.8 Å². The Kier molecular flexibility index (Phi) is 13.1. The minimum absolute atomic E-state index is 0.131. The van der Waals surface area contributed by atoms with E-state index in [1.165, 1.54) is 0 Å². The molecule has 2 N–H and O–H groups in total. The number of nitrogens with one attached hydrogen (secondary N) is 1. The number of rotatable bonds is 16. The van der Waals surface area contributed by atoms with Crippen molar-refractivity contribution in [1.82, 2.24) is 5.32 Å². The molecule has 0 aromatic carbocycles. The number of Topliss-reactive ketones (excluding diaryl/α,β-unsaturated/α-hetero) is 1. The number of hydrogen-bond donors (Lipinski definition) is 2. The Hall–Kier alpha value is -1.39. The number of carboxylic acids is 1. The Bertz CT molecular complexity index is 515. The van der Waals surface area contributed by atoms with Gasteiger partial charge in [0.15, 0.2) is 0 Å². The summed E-state index contributed by atoms with van der Waals surface area (Å²) in [4.78, 5) is 35.6. The molecule has 0 heterocycles. The standard InChI is InChI=1S/C24H45NO4/c1-17(2)13-19(5)16-24(7,15-18(3)4)21(14-22(27)28)23(29)25-12-10-8-9-11-20(6)26/h17-19,21H,8-16H2,1-7H3,(H,25,29)(H,27,28). The highest BCUT2D eigenvalue weighted by Crippen LogP contribution is 2.43. The van der Waals surface area contributed by atoms with E-state index in [1.807, 2.05) is 0 Å². The molecule has 0 spiro atoms. The van der Waals surface area contributed by atoms with Crippen LogP contribution in [0.5, 0.6) is 0 Å². The van der Waals surface area contributed by atoms with Gasteiger partial charge in [0, 0.05) is 13.0 Å². The van der Waals surface area contributed by atoms with Crippen LogP contribution < -0.4 is 5.32 Å². The molecule has 3 atom stereocenters. The molecule has 0 saturated carbocycles. The second-order valence-electron chi connectivity index (χ2n) is 10.1. The van der Waals surface area contributed by atoms with Crippen molar-refractivity contribution in [1.29, 1.82) is 0 Å². The number of unbranched alkanes of at least 4 members (excludes halogenated alkanes) is 2. The quantitative estimate of drug-likeness (QED) is 0.330. The summed E-state index contributed by atoms with van der Waals surface area (Å²) < 4.78 is 0. The van der Waals surface area contributed by atoms with E-state index in [2.05, 4.69) is 46.9 Å². The maximum Gasteiger partial charge on any atom is 0.304 e. The normalized spacial score (nSPS) is 15.8. The Morgan fingerprint density at radius 2 is 1.55 bits per heavy atom. The molecule has 0 saturated heterocycles. The maximum atomic E-state index is 13.0. The first kappa shape index (κ1) is 27.6. The molecule has 170 valence electrons. The molecule has 0 aliphatic carbocycles. The Morgan fingerprint density at radius 1 is 0.931 bits per heavy atom. The number of hydrogen-bond acceptors (Lipinski definition) is 3. The molecule has 0 aliphatic heterocycles. The van der Waals surface area contributed by atoms with Crippen LogP contribution in [-0.2, 0) is 14.4 Å². The van der Waals surface area contributed by atoms with Crippen LogP contribution in [-0.4, -0.2) is 29.3 Å². The van der Waals surface area contributed by atoms with Crippen molar-refractivity contribution in [3.63, 3.8) is 0 Å². The lowest BCUT2D eigenvalue weighted by Crippen LogP contribution is -2.43. The summed E-state index contributed by atoms with van der Waals surface area (Å²) in [6.07, 6.45) is 5.74. The van der Waals surface area contributed by atoms with Gasteiger partial charge < -0.3 is 15.2 Å². The van der Waals surface area contributed by atoms with Gasteiger partial charge in [0.1, 0.15) is 5.78 Å². The molecule has 0 radical (unpaired) electrons. The first-order chi connectivity index (χ1) is 13.4. The van der Waals surface area contributed by atoms with E-state index >= 15 is 0 Å². The van der Waals surface area contributed by atoms with Crippen LogP contribution in [0.2, 0.25) is 0 Å². The van der Waals surface area contributed by atoms with Crippen LogP contribution in [0.3, 0.4) is 0 Å². The molecule has 0 rings (SSSR count). The van der Waals surface area contributed by atoms with E-state index in [9.17, 15) is 19.5 Å². The summed E-state index contributed by atoms with van der Waals surface area (Å²) in [5.74, 6) is 0.00753. The highest BCUT2D eigenvalue weighted by Gasteiger charge is 2.41. The van der Waals surface area contributed by atoms with Crippen molar-refractivity contribution < 1.29 is 19.5 Å². The van der Waals surface area contributed by atoms with E-state index in [0.29, 0.717) is 30.7 Å². The predicted molar refractivity (Wildman–Crippen MR) is 119 cm³/mol. The number of carbonyl (C=O) groups is 3. The third-order valence-corrected chi connectivity index (χ3v) is 5.60. The van der Waals surface area contributed by atoms with Crippen LogP contribution in [0.25, 0.3) is 0 Å². The zero-order valence-electron chi connectivity index (χ0n) is 19.8. The molecule has 1 amide bonds. The SMILES string of the molecule is CC(=O)CCCCCNC(=O)C(CC(=O)O)C(C)(CC(C)C)CC(C)CC(C)C. The summed E-state index contributed by atoms with van der Waals surface area (Å²) >= 11 is 0. The van der Waals surface area contributed by atoms with Crippen molar-refractivity contribution in [2.45, 2.75) is 99.8 Å². The number of aliphatic carboxylic acids is 1. The van der Waals surface area contributed by atoms with Gasteiger partial charge >= 0.3 is 5.97 Å². The van der Waals surface area contributed by atoms with Gasteiger partial charge in [0.25, 0.3) is 0 Å². The molecular weight excluding hydrogens is 366 g/mol. The average molecular weight is 412 g/mol. The van der Waals surface area contributed by atoms with Crippen molar-refractivity contribution >= 4 is 17.7 Å². The third kappa shape index (κ3) is 12.7. The first-order valence-electron chi connectivity index (χ1n) is 11.4. The van der Waals surface area contributed by atoms with Crippen molar-refractivity contribution in [2.24, 2.45) is 29.1 Å². The topological polar surface area (TPSA) is 83.5 Å². The van der Waals surface area contributed by atoms with Crippen LogP contribution in [0.4, 0.5) is 0 Å². The summed E-state index contributed by atoms with van der Waals surface area (Å²) in [6, 6.07) is 0. The fraction of sp³-hybridized carbons (Fsp3) is 0.875. The van der Waals surface area contributed by atoms with Gasteiger partial charge in [-0.25, -0.2) is 0 Å². The highest BCUT2D eigenvalue weighted by molar-refractivity contribution is 5.84. The number of amides is 1. The lowest BCUT2D eigenvalue weighted by Gasteiger charge is -2.40. The second-order valence-corrected chi connectivity index (χ2v) is 10.1. The van der Waals surface area contributed by atoms with Crippen LogP contribution in [0.15, 0.2) is 0 Å². The second kappa shape index (κ2) is 13.8. The molecule has 0 aromatic heterocycles. The first-order valence-corrected chi connectivity index (χ1v) is 11.4. The minimum Gasteiger partial charge on any atom is -0.481 e. The van der Waals surface area contributed by atoms with Gasteiger partial charge in [-0.2, -0.15) is 0 Å². The zero-order chi connectivity index (χ0) is 22.6. The Balaban J connectivity index is 5.16. The van der Waals surface area contributed by atoms with Crippen molar-refractivity contribution in [2.75, 3.05) is 6.54 Å². The van der Waals surface area contributed by atoms with Gasteiger partial charge in [0.2, 0.25) is 5.91 Å². The van der Waals surface area contributed by atoms with E-state index < -0.39 is 11.9 Å². The Morgan fingerprint density at radius 3 is 2.03 bits per heavy atom. The summed E-state index contributed by atoms with van der Waals surface area (Å²) in [5.41, 5.74) is -0.348. The molecule has 0 aliphatic rings. The lowest BCUT2D eigenvalue weighted by molar-refractivity contribution is -0.144. The van der Waals surface area contributed by atoms with Gasteiger partial charge in [-0.15, -0.1) is 0 Å². The van der Waals surface area contributed by atoms with Crippen molar-refractivity contribution in [3.05, 3.63) is 0 Å². The smallest absolute Gasteiger partial charge is 0.304 e. The molecule has 29 heavy (non-hydrogen) atoms. The summed E-state index contributed by atoms with van der Waals surface area (Å²) in [7, 11) is 0. The average Bonchev–Trinajstić information content (AvgIpc) is 2.53. The fourth-order valence-corrected chi connectivity index (χ4v) is 4.83. The molecule has 5 nitrogen and oxygen atoms in total. The van der Waals surface area contributed by atoms with Gasteiger partial charge in [-0.05, 0) is 62.2 Å². The zero-order valence-corrected chi connectivity index (χ0v) is 19.8. The summed E-state index contributed by atoms with van der Waals surface area (Å²) in [5, 5.41) is 12.5. The Labute approximate surface area is 178 Å². The number of carbonyl (C=O) groups excluding carboxylic acids is 2. The largest absolute Gasteiger partial charge is 0.481 e. The van der Waals surface area contributed by atoms with Crippen LogP contribution >= 0.6 is 0 Å². The lowest BCUT2D eigenvalue weighted by atomic mass is 9.65. The monoisotopic (exact) mass is 411 g/mol. The predicted octanol–water partition coefficient (Wildman–Crippen LogP) is 5.47. The molecule has 3 unspecified atom stereocenters. The highest BCUT2D eigenvalue weighted by atomic mass is 16.4. The third-order valence-electron chi connectivity index (χ3n) is 5.60. The fourth-order valence-electron chi connectivity index (χ4n) is 4.83. The number of ketones is 1. The van der Waals surface area contributed by atoms with E-state index in [0.717, 1.165) is 38.5 Å². The van der Waals surface area contributed by atoms with Crippen LogP contribution in [0, 0.1) is 29.1 Å². The summed E-state index contributed by atoms with van der Waals surface area (Å²) in [6.45, 7) is 15.1. The maximum absolute atomic E-state index is 13.0. The van der Waals surface area contributed by atoms with E-state index in [-0.39, 0.29) is 23.5 Å². The van der Waals surface area contributed by atoms with Gasteiger partial charge in [0.05, 0.1) is 12.3 Å². The van der Waals surface area contributed by atoms with E-state index in [4.69, 9.17) is 0 Å².